The zero-order valence-electron chi connectivity index (χ0n) is 11.6. The number of amides is 3. The van der Waals surface area contributed by atoms with E-state index in [0.717, 1.165) is 25.2 Å². The molecule has 0 aliphatic carbocycles. The van der Waals surface area contributed by atoms with Gasteiger partial charge in [-0.3, -0.25) is 15.0 Å². The first-order valence-electron chi connectivity index (χ1n) is 6.96. The van der Waals surface area contributed by atoms with Crippen molar-refractivity contribution in [2.24, 2.45) is 0 Å². The van der Waals surface area contributed by atoms with Crippen molar-refractivity contribution in [3.8, 4) is 6.07 Å². The number of piperidine rings is 1. The van der Waals surface area contributed by atoms with Crippen molar-refractivity contribution in [2.75, 3.05) is 13.1 Å². The van der Waals surface area contributed by atoms with Gasteiger partial charge in [0.05, 0.1) is 11.6 Å². The van der Waals surface area contributed by atoms with Crippen LogP contribution in [-0.2, 0) is 11.3 Å². The largest absolute Gasteiger partial charge is 0.323 e. The Morgan fingerprint density at radius 2 is 2.05 bits per heavy atom. The van der Waals surface area contributed by atoms with Crippen molar-refractivity contribution in [1.82, 2.24) is 15.5 Å². The van der Waals surface area contributed by atoms with Crippen LogP contribution in [0.4, 0.5) is 4.79 Å². The molecule has 3 amide bonds. The van der Waals surface area contributed by atoms with Gasteiger partial charge in [0.1, 0.15) is 5.54 Å². The van der Waals surface area contributed by atoms with Crippen LogP contribution in [0.3, 0.4) is 0 Å². The molecule has 108 valence electrons. The molecule has 21 heavy (non-hydrogen) atoms. The van der Waals surface area contributed by atoms with Crippen LogP contribution < -0.4 is 10.6 Å². The molecule has 2 N–H and O–H groups in total. The van der Waals surface area contributed by atoms with Crippen LogP contribution in [0.2, 0.25) is 0 Å². The Hall–Kier alpha value is -2.39. The molecule has 0 saturated carbocycles. The van der Waals surface area contributed by atoms with E-state index in [0.29, 0.717) is 18.4 Å². The van der Waals surface area contributed by atoms with E-state index < -0.39 is 11.6 Å². The Morgan fingerprint density at radius 3 is 2.67 bits per heavy atom. The number of rotatable bonds is 2. The average molecular weight is 284 g/mol. The van der Waals surface area contributed by atoms with E-state index >= 15 is 0 Å². The summed E-state index contributed by atoms with van der Waals surface area (Å²) in [6.07, 6.45) is 1.23. The van der Waals surface area contributed by atoms with Gasteiger partial charge in [0.25, 0.3) is 5.91 Å². The summed E-state index contributed by atoms with van der Waals surface area (Å²) in [7, 11) is 0. The van der Waals surface area contributed by atoms with Gasteiger partial charge in [-0.25, -0.2) is 4.79 Å². The monoisotopic (exact) mass is 284 g/mol. The Kier molecular flexibility index (Phi) is 3.35. The van der Waals surface area contributed by atoms with Crippen molar-refractivity contribution in [3.05, 3.63) is 35.4 Å². The summed E-state index contributed by atoms with van der Waals surface area (Å²) in [6.45, 7) is 2.23. The molecule has 2 heterocycles. The molecule has 1 aromatic carbocycles. The maximum atomic E-state index is 11.9. The van der Waals surface area contributed by atoms with Crippen LogP contribution in [0.15, 0.2) is 24.3 Å². The van der Waals surface area contributed by atoms with Gasteiger partial charge < -0.3 is 5.32 Å². The number of nitrogens with zero attached hydrogens (tertiary/aromatic N) is 2. The van der Waals surface area contributed by atoms with Gasteiger partial charge in [0.15, 0.2) is 0 Å². The zero-order valence-corrected chi connectivity index (χ0v) is 11.6. The summed E-state index contributed by atoms with van der Waals surface area (Å²) in [5.41, 5.74) is 1.02. The summed E-state index contributed by atoms with van der Waals surface area (Å²) in [5, 5.41) is 14.0. The summed E-state index contributed by atoms with van der Waals surface area (Å²) < 4.78 is 0. The highest BCUT2D eigenvalue weighted by Gasteiger charge is 2.47. The first kappa shape index (κ1) is 13.6. The van der Waals surface area contributed by atoms with Crippen LogP contribution in [-0.4, -0.2) is 35.5 Å². The third-order valence-electron chi connectivity index (χ3n) is 4.19. The highest BCUT2D eigenvalue weighted by molar-refractivity contribution is 6.07. The number of urea groups is 1. The van der Waals surface area contributed by atoms with Crippen molar-refractivity contribution in [2.45, 2.75) is 24.9 Å². The Bertz CT molecular complexity index is 627. The molecular formula is C15H16N4O2. The third kappa shape index (κ3) is 2.60. The zero-order chi connectivity index (χ0) is 14.9. The Balaban J connectivity index is 1.63. The second-order valence-corrected chi connectivity index (χ2v) is 5.58. The van der Waals surface area contributed by atoms with Crippen molar-refractivity contribution < 1.29 is 9.59 Å². The lowest BCUT2D eigenvalue weighted by atomic mass is 9.87. The number of nitrogens with one attached hydrogen (secondary N) is 2. The van der Waals surface area contributed by atoms with Gasteiger partial charge in [-0.15, -0.1) is 0 Å². The number of likely N-dealkylation sites (tertiary alicyclic amines) is 1. The second kappa shape index (κ2) is 5.19. The van der Waals surface area contributed by atoms with Crippen LogP contribution in [0.25, 0.3) is 0 Å². The SMILES string of the molecule is N#Cc1cccc(CN2CCC3(CC2)NC(=O)NC3=O)c1. The number of nitriles is 1. The van der Waals surface area contributed by atoms with E-state index in [1.165, 1.54) is 0 Å². The minimum Gasteiger partial charge on any atom is -0.323 e. The number of benzene rings is 1. The number of carbonyl (C=O) groups is 2. The molecule has 2 saturated heterocycles. The van der Waals surface area contributed by atoms with E-state index in [2.05, 4.69) is 21.6 Å². The smallest absolute Gasteiger partial charge is 0.322 e. The van der Waals surface area contributed by atoms with E-state index in [4.69, 9.17) is 5.26 Å². The molecule has 0 atom stereocenters. The second-order valence-electron chi connectivity index (χ2n) is 5.58. The molecular weight excluding hydrogens is 268 g/mol. The normalized spacial score (nSPS) is 20.9. The first-order chi connectivity index (χ1) is 10.1. The quantitative estimate of drug-likeness (QED) is 0.784. The topological polar surface area (TPSA) is 85.2 Å². The molecule has 0 aromatic heterocycles. The summed E-state index contributed by atoms with van der Waals surface area (Å²) in [4.78, 5) is 25.4. The van der Waals surface area contributed by atoms with Gasteiger partial charge in [-0.2, -0.15) is 5.26 Å². The lowest BCUT2D eigenvalue weighted by Gasteiger charge is -2.37. The fourth-order valence-electron chi connectivity index (χ4n) is 2.97. The lowest BCUT2D eigenvalue weighted by Crippen LogP contribution is -2.54. The van der Waals surface area contributed by atoms with Crippen molar-refractivity contribution in [1.29, 1.82) is 5.26 Å². The number of hydrogen-bond donors (Lipinski definition) is 2. The van der Waals surface area contributed by atoms with Crippen LogP contribution in [0, 0.1) is 11.3 Å². The number of hydrogen-bond acceptors (Lipinski definition) is 4. The third-order valence-corrected chi connectivity index (χ3v) is 4.19. The van der Waals surface area contributed by atoms with E-state index in [1.54, 1.807) is 6.07 Å². The van der Waals surface area contributed by atoms with Gasteiger partial charge >= 0.3 is 6.03 Å². The average Bonchev–Trinajstić information content (AvgIpc) is 2.76. The number of imide groups is 1. The maximum absolute atomic E-state index is 11.9. The van der Waals surface area contributed by atoms with Crippen LogP contribution in [0.5, 0.6) is 0 Å². The summed E-state index contributed by atoms with van der Waals surface area (Å²) >= 11 is 0. The summed E-state index contributed by atoms with van der Waals surface area (Å²) in [6, 6.07) is 9.28. The van der Waals surface area contributed by atoms with Gasteiger partial charge in [0, 0.05) is 19.6 Å². The molecule has 2 aliphatic rings. The fraction of sp³-hybridized carbons (Fsp3) is 0.400. The van der Waals surface area contributed by atoms with E-state index in [9.17, 15) is 9.59 Å². The molecule has 6 nitrogen and oxygen atoms in total. The maximum Gasteiger partial charge on any atom is 0.322 e. The van der Waals surface area contributed by atoms with Gasteiger partial charge in [-0.05, 0) is 30.5 Å². The van der Waals surface area contributed by atoms with E-state index in [1.807, 2.05) is 18.2 Å². The minimum absolute atomic E-state index is 0.210. The van der Waals surface area contributed by atoms with E-state index in [-0.39, 0.29) is 5.91 Å². The Labute approximate surface area is 122 Å². The fourth-order valence-corrected chi connectivity index (χ4v) is 2.97. The molecule has 1 spiro atoms. The lowest BCUT2D eigenvalue weighted by molar-refractivity contribution is -0.125. The predicted octanol–water partition coefficient (Wildman–Crippen LogP) is 0.732. The molecule has 3 rings (SSSR count). The van der Waals surface area contributed by atoms with Gasteiger partial charge in [0.2, 0.25) is 0 Å². The molecule has 2 fully saturated rings. The molecule has 1 aromatic rings. The predicted molar refractivity (Wildman–Crippen MR) is 75.1 cm³/mol. The Morgan fingerprint density at radius 1 is 1.29 bits per heavy atom. The highest BCUT2D eigenvalue weighted by atomic mass is 16.2. The molecule has 0 radical (unpaired) electrons. The molecule has 6 heteroatoms. The van der Waals surface area contributed by atoms with Crippen molar-refractivity contribution in [3.63, 3.8) is 0 Å². The van der Waals surface area contributed by atoms with Crippen LogP contribution in [0.1, 0.15) is 24.0 Å². The van der Waals surface area contributed by atoms with Crippen molar-refractivity contribution >= 4 is 11.9 Å². The molecule has 0 bridgehead atoms. The van der Waals surface area contributed by atoms with Gasteiger partial charge in [-0.1, -0.05) is 12.1 Å². The standard InChI is InChI=1S/C15H16N4O2/c16-9-11-2-1-3-12(8-11)10-19-6-4-15(5-7-19)13(20)17-14(21)18-15/h1-3,8H,4-7,10H2,(H2,17,18,20,21). The number of carbonyl (C=O) groups excluding carboxylic acids is 2. The summed E-state index contributed by atoms with van der Waals surface area (Å²) in [5.74, 6) is -0.210. The molecule has 2 aliphatic heterocycles. The van der Waals surface area contributed by atoms with Crippen LogP contribution >= 0.6 is 0 Å². The first-order valence-corrected chi connectivity index (χ1v) is 6.96. The minimum atomic E-state index is -0.720. The highest BCUT2D eigenvalue weighted by Crippen LogP contribution is 2.26. The molecule has 0 unspecified atom stereocenters.